The van der Waals surface area contributed by atoms with Crippen molar-refractivity contribution in [2.45, 2.75) is 24.8 Å². The maximum atomic E-state index is 13.0. The van der Waals surface area contributed by atoms with Gasteiger partial charge >= 0.3 is 6.03 Å². The lowest BCUT2D eigenvalue weighted by Gasteiger charge is -2.37. The van der Waals surface area contributed by atoms with Crippen molar-refractivity contribution in [3.8, 4) is 0 Å². The number of para-hydroxylation sites is 1. The standard InChI is InChI=1S/C22H22N4O2S2/c1-22(2)19(25(21(29)30-22)24-16-11-4-3-5-12-16)26(28)20(27)23-18-14-8-10-15-9-6-7-13-17(15)18/h3-14,19,24,28H,1-2H3,(H,23,27)/t19-/m1/s1. The molecule has 0 spiro atoms. The Morgan fingerprint density at radius 2 is 1.73 bits per heavy atom. The molecule has 0 aliphatic carbocycles. The second-order valence-corrected chi connectivity index (χ2v) is 9.78. The number of carbonyl (C=O) groups excluding carboxylic acids is 1. The number of hydrazine groups is 1. The second kappa shape index (κ2) is 8.14. The summed E-state index contributed by atoms with van der Waals surface area (Å²) >= 11 is 6.95. The van der Waals surface area contributed by atoms with E-state index < -0.39 is 16.9 Å². The predicted molar refractivity (Wildman–Crippen MR) is 127 cm³/mol. The van der Waals surface area contributed by atoms with E-state index in [2.05, 4.69) is 10.7 Å². The highest BCUT2D eigenvalue weighted by Gasteiger charge is 2.50. The fourth-order valence-electron chi connectivity index (χ4n) is 3.52. The van der Waals surface area contributed by atoms with Crippen LogP contribution in [-0.2, 0) is 0 Å². The molecule has 4 rings (SSSR count). The molecule has 154 valence electrons. The first kappa shape index (κ1) is 20.5. The second-order valence-electron chi connectivity index (χ2n) is 7.49. The molecule has 30 heavy (non-hydrogen) atoms. The van der Waals surface area contributed by atoms with Gasteiger partial charge in [-0.25, -0.2) is 9.80 Å². The lowest BCUT2D eigenvalue weighted by Crippen LogP contribution is -2.57. The first-order chi connectivity index (χ1) is 14.4. The van der Waals surface area contributed by atoms with Crippen molar-refractivity contribution in [3.63, 3.8) is 0 Å². The lowest BCUT2D eigenvalue weighted by atomic mass is 10.1. The Balaban J connectivity index is 1.59. The molecule has 8 heteroatoms. The van der Waals surface area contributed by atoms with Crippen molar-refractivity contribution in [1.29, 1.82) is 0 Å². The minimum absolute atomic E-state index is 0.538. The van der Waals surface area contributed by atoms with E-state index in [9.17, 15) is 10.0 Å². The van der Waals surface area contributed by atoms with Gasteiger partial charge in [0, 0.05) is 5.39 Å². The molecule has 1 saturated heterocycles. The van der Waals surface area contributed by atoms with E-state index in [0.29, 0.717) is 15.1 Å². The third-order valence-electron chi connectivity index (χ3n) is 4.91. The molecule has 1 atom stereocenters. The molecule has 1 heterocycles. The minimum Gasteiger partial charge on any atom is -0.305 e. The Kier molecular flexibility index (Phi) is 5.55. The van der Waals surface area contributed by atoms with Gasteiger partial charge in [0.05, 0.1) is 16.1 Å². The van der Waals surface area contributed by atoms with Crippen molar-refractivity contribution in [2.24, 2.45) is 0 Å². The monoisotopic (exact) mass is 438 g/mol. The number of urea groups is 1. The van der Waals surface area contributed by atoms with E-state index in [4.69, 9.17) is 12.2 Å². The molecule has 0 bridgehead atoms. The van der Waals surface area contributed by atoms with Gasteiger partial charge in [-0.3, -0.25) is 10.6 Å². The molecule has 0 unspecified atom stereocenters. The largest absolute Gasteiger partial charge is 0.347 e. The molecule has 0 aromatic heterocycles. The topological polar surface area (TPSA) is 67.8 Å². The Labute approximate surface area is 184 Å². The zero-order chi connectivity index (χ0) is 21.3. The molecule has 1 fully saturated rings. The summed E-state index contributed by atoms with van der Waals surface area (Å²) in [4.78, 5) is 13.0. The summed E-state index contributed by atoms with van der Waals surface area (Å²) in [5, 5.41) is 18.0. The molecular formula is C22H22N4O2S2. The third-order valence-corrected chi connectivity index (χ3v) is 6.46. The number of nitrogens with zero attached hydrogens (tertiary/aromatic N) is 2. The summed E-state index contributed by atoms with van der Waals surface area (Å²) in [6, 6.07) is 22.3. The number of hydrogen-bond donors (Lipinski definition) is 3. The fraction of sp³-hybridized carbons (Fsp3) is 0.182. The van der Waals surface area contributed by atoms with Gasteiger partial charge < -0.3 is 5.32 Å². The van der Waals surface area contributed by atoms with Crippen LogP contribution in [0.3, 0.4) is 0 Å². The molecule has 1 aliphatic rings. The minimum atomic E-state index is -0.717. The number of amides is 2. The van der Waals surface area contributed by atoms with Crippen LogP contribution in [-0.4, -0.2) is 36.5 Å². The zero-order valence-corrected chi connectivity index (χ0v) is 18.2. The molecule has 3 aromatic rings. The number of carbonyl (C=O) groups is 1. The lowest BCUT2D eigenvalue weighted by molar-refractivity contribution is -0.110. The molecular weight excluding hydrogens is 416 g/mol. The van der Waals surface area contributed by atoms with E-state index in [1.54, 1.807) is 5.01 Å². The highest BCUT2D eigenvalue weighted by Crippen LogP contribution is 2.42. The van der Waals surface area contributed by atoms with E-state index >= 15 is 0 Å². The van der Waals surface area contributed by atoms with Crippen molar-refractivity contribution in [3.05, 3.63) is 72.8 Å². The maximum absolute atomic E-state index is 13.0. The molecule has 3 aromatic carbocycles. The van der Waals surface area contributed by atoms with Gasteiger partial charge in [0.2, 0.25) is 0 Å². The van der Waals surface area contributed by atoms with Crippen LogP contribution in [0.1, 0.15) is 13.8 Å². The quantitative estimate of drug-likeness (QED) is 0.283. The molecule has 0 saturated carbocycles. The number of nitrogens with one attached hydrogen (secondary N) is 2. The van der Waals surface area contributed by atoms with Gasteiger partial charge in [-0.15, -0.1) is 0 Å². The molecule has 0 radical (unpaired) electrons. The average molecular weight is 439 g/mol. The molecule has 3 N–H and O–H groups in total. The number of anilines is 2. The van der Waals surface area contributed by atoms with Gasteiger partial charge in [0.15, 0.2) is 10.5 Å². The number of hydrogen-bond acceptors (Lipinski definition) is 5. The molecule has 6 nitrogen and oxygen atoms in total. The Hall–Kier alpha value is -2.81. The van der Waals surface area contributed by atoms with Gasteiger partial charge in [-0.2, -0.15) is 5.06 Å². The molecule has 1 aliphatic heterocycles. The summed E-state index contributed by atoms with van der Waals surface area (Å²) in [5.74, 6) is 0. The summed E-state index contributed by atoms with van der Waals surface area (Å²) in [7, 11) is 0. The SMILES string of the molecule is CC1(C)SC(=S)N(Nc2ccccc2)[C@@H]1N(O)C(=O)Nc1cccc2ccccc12. The van der Waals surface area contributed by atoms with Crippen LogP contribution in [0.15, 0.2) is 72.8 Å². The zero-order valence-electron chi connectivity index (χ0n) is 16.6. The molecule has 2 amide bonds. The van der Waals surface area contributed by atoms with Crippen molar-refractivity contribution in [1.82, 2.24) is 10.1 Å². The van der Waals surface area contributed by atoms with Crippen LogP contribution in [0.25, 0.3) is 10.8 Å². The third kappa shape index (κ3) is 3.94. The van der Waals surface area contributed by atoms with Crippen LogP contribution in [0.2, 0.25) is 0 Å². The van der Waals surface area contributed by atoms with E-state index in [0.717, 1.165) is 16.5 Å². The normalized spacial score (nSPS) is 17.8. The highest BCUT2D eigenvalue weighted by molar-refractivity contribution is 8.24. The Bertz CT molecular complexity index is 1090. The summed E-state index contributed by atoms with van der Waals surface area (Å²) < 4.78 is 0.00911. The van der Waals surface area contributed by atoms with Gasteiger partial charge in [-0.1, -0.05) is 78.6 Å². The predicted octanol–water partition coefficient (Wildman–Crippen LogP) is 5.53. The summed E-state index contributed by atoms with van der Waals surface area (Å²) in [5.41, 5.74) is 4.66. The number of rotatable bonds is 4. The maximum Gasteiger partial charge on any atom is 0.347 e. The van der Waals surface area contributed by atoms with Crippen LogP contribution in [0, 0.1) is 0 Å². The first-order valence-electron chi connectivity index (χ1n) is 9.47. The fourth-order valence-corrected chi connectivity index (χ4v) is 5.31. The van der Waals surface area contributed by atoms with Gasteiger partial charge in [0.25, 0.3) is 0 Å². The van der Waals surface area contributed by atoms with Crippen LogP contribution >= 0.6 is 24.0 Å². The summed E-state index contributed by atoms with van der Waals surface area (Å²) in [6.07, 6.45) is -0.717. The van der Waals surface area contributed by atoms with Crippen molar-refractivity contribution < 1.29 is 10.0 Å². The number of thiocarbonyl (C=S) groups is 1. The number of fused-ring (bicyclic) bond motifs is 1. The average Bonchev–Trinajstić information content (AvgIpc) is 2.96. The van der Waals surface area contributed by atoms with Gasteiger partial charge in [0.1, 0.15) is 0 Å². The highest BCUT2D eigenvalue weighted by atomic mass is 32.2. The van der Waals surface area contributed by atoms with E-state index in [1.807, 2.05) is 86.6 Å². The van der Waals surface area contributed by atoms with E-state index in [-0.39, 0.29) is 0 Å². The number of thioether (sulfide) groups is 1. The Morgan fingerprint density at radius 1 is 1.07 bits per heavy atom. The van der Waals surface area contributed by atoms with Crippen LogP contribution in [0.4, 0.5) is 16.2 Å². The summed E-state index contributed by atoms with van der Waals surface area (Å²) in [6.45, 7) is 3.88. The van der Waals surface area contributed by atoms with Gasteiger partial charge in [-0.05, 0) is 37.4 Å². The van der Waals surface area contributed by atoms with Crippen LogP contribution < -0.4 is 10.7 Å². The van der Waals surface area contributed by atoms with Crippen LogP contribution in [0.5, 0.6) is 0 Å². The smallest absolute Gasteiger partial charge is 0.305 e. The first-order valence-corrected chi connectivity index (χ1v) is 10.7. The van der Waals surface area contributed by atoms with Crippen molar-refractivity contribution in [2.75, 3.05) is 10.7 Å². The van der Waals surface area contributed by atoms with Crippen molar-refractivity contribution >= 4 is 56.5 Å². The Morgan fingerprint density at radius 3 is 2.50 bits per heavy atom. The number of hydroxylamine groups is 2. The number of benzene rings is 3. The van der Waals surface area contributed by atoms with E-state index in [1.165, 1.54) is 11.8 Å².